The molecule has 0 aliphatic carbocycles. The topological polar surface area (TPSA) is 58.9 Å². The van der Waals surface area contributed by atoms with E-state index < -0.39 is 23.9 Å². The van der Waals surface area contributed by atoms with Gasteiger partial charge in [-0.2, -0.15) is 13.2 Å². The molecule has 1 N–H and O–H groups in total. The Kier molecular flexibility index (Phi) is 5.96. The summed E-state index contributed by atoms with van der Waals surface area (Å²) in [6, 6.07) is 3.72. The van der Waals surface area contributed by atoms with E-state index in [2.05, 4.69) is 4.99 Å². The molecule has 0 aliphatic heterocycles. The number of carbonyl (C=O) groups is 1. The summed E-state index contributed by atoms with van der Waals surface area (Å²) < 4.78 is 44.5. The first-order valence-corrected chi connectivity index (χ1v) is 6.67. The van der Waals surface area contributed by atoms with Gasteiger partial charge in [-0.05, 0) is 36.6 Å². The standard InChI is InChI=1S/C15H18F3NO3/c1-9(2)8-12(14(20)21)19-13(15(16,17)18)10-4-6-11(22-3)7-5-10/h4-7,9,12H,8H2,1-3H3,(H,20,21)/t12-/m0/s1. The van der Waals surface area contributed by atoms with E-state index in [0.717, 1.165) is 0 Å². The molecule has 0 saturated heterocycles. The highest BCUT2D eigenvalue weighted by molar-refractivity contribution is 6.05. The van der Waals surface area contributed by atoms with Crippen LogP contribution in [0.4, 0.5) is 13.2 Å². The predicted molar refractivity (Wildman–Crippen MR) is 76.5 cm³/mol. The summed E-state index contributed by atoms with van der Waals surface area (Å²) in [6.45, 7) is 3.46. The van der Waals surface area contributed by atoms with Crippen molar-refractivity contribution in [2.75, 3.05) is 7.11 Å². The minimum Gasteiger partial charge on any atom is -0.497 e. The fraction of sp³-hybridized carbons (Fsp3) is 0.467. The fourth-order valence-electron chi connectivity index (χ4n) is 1.87. The van der Waals surface area contributed by atoms with Crippen molar-refractivity contribution in [1.82, 2.24) is 0 Å². The van der Waals surface area contributed by atoms with E-state index in [0.29, 0.717) is 5.75 Å². The number of aliphatic carboxylic acids is 1. The van der Waals surface area contributed by atoms with Gasteiger partial charge in [-0.25, -0.2) is 4.79 Å². The zero-order valence-electron chi connectivity index (χ0n) is 12.5. The third kappa shape index (κ3) is 5.05. The summed E-state index contributed by atoms with van der Waals surface area (Å²) >= 11 is 0. The summed E-state index contributed by atoms with van der Waals surface area (Å²) in [7, 11) is 1.40. The highest BCUT2D eigenvalue weighted by Gasteiger charge is 2.38. The monoisotopic (exact) mass is 317 g/mol. The van der Waals surface area contributed by atoms with Crippen molar-refractivity contribution in [3.63, 3.8) is 0 Å². The molecule has 0 amide bonds. The molecule has 1 aromatic rings. The number of alkyl halides is 3. The minimum atomic E-state index is -4.74. The maximum absolute atomic E-state index is 13.2. The Bertz CT molecular complexity index is 536. The van der Waals surface area contributed by atoms with Gasteiger partial charge in [0.1, 0.15) is 17.5 Å². The molecule has 4 nitrogen and oxygen atoms in total. The number of hydrogen-bond donors (Lipinski definition) is 1. The Hall–Kier alpha value is -2.05. The highest BCUT2D eigenvalue weighted by atomic mass is 19.4. The molecule has 0 unspecified atom stereocenters. The van der Waals surface area contributed by atoms with Crippen LogP contribution in [-0.2, 0) is 4.79 Å². The van der Waals surface area contributed by atoms with Gasteiger partial charge >= 0.3 is 12.1 Å². The molecule has 0 radical (unpaired) electrons. The van der Waals surface area contributed by atoms with E-state index in [4.69, 9.17) is 9.84 Å². The maximum Gasteiger partial charge on any atom is 0.433 e. The lowest BCUT2D eigenvalue weighted by molar-refractivity contribution is -0.138. The second kappa shape index (κ2) is 7.29. The second-order valence-corrected chi connectivity index (χ2v) is 5.19. The van der Waals surface area contributed by atoms with Crippen LogP contribution in [0.5, 0.6) is 5.75 Å². The number of rotatable bonds is 6. The second-order valence-electron chi connectivity index (χ2n) is 5.19. The van der Waals surface area contributed by atoms with Crippen molar-refractivity contribution in [3.05, 3.63) is 29.8 Å². The number of carboxylic acids is 1. The lowest BCUT2D eigenvalue weighted by Gasteiger charge is -2.16. The average molecular weight is 317 g/mol. The van der Waals surface area contributed by atoms with Crippen LogP contribution in [0.2, 0.25) is 0 Å². The van der Waals surface area contributed by atoms with Crippen LogP contribution in [0.25, 0.3) is 0 Å². The largest absolute Gasteiger partial charge is 0.497 e. The van der Waals surface area contributed by atoms with Crippen LogP contribution in [0.1, 0.15) is 25.8 Å². The SMILES string of the molecule is COc1ccc(C(=N[C@@H](CC(C)C)C(=O)O)C(F)(F)F)cc1. The van der Waals surface area contributed by atoms with Gasteiger partial charge in [-0.3, -0.25) is 4.99 Å². The Labute approximate surface area is 126 Å². The Morgan fingerprint density at radius 3 is 2.18 bits per heavy atom. The zero-order valence-corrected chi connectivity index (χ0v) is 12.5. The Balaban J connectivity index is 3.26. The number of nitrogens with zero attached hydrogens (tertiary/aromatic N) is 1. The lowest BCUT2D eigenvalue weighted by Crippen LogP contribution is -2.29. The van der Waals surface area contributed by atoms with Gasteiger partial charge in [-0.1, -0.05) is 13.8 Å². The molecule has 1 rings (SSSR count). The summed E-state index contributed by atoms with van der Waals surface area (Å²) in [5, 5.41) is 9.07. The molecule has 22 heavy (non-hydrogen) atoms. The first-order valence-electron chi connectivity index (χ1n) is 6.67. The van der Waals surface area contributed by atoms with Crippen molar-refractivity contribution in [3.8, 4) is 5.75 Å². The number of methoxy groups -OCH3 is 1. The highest BCUT2D eigenvalue weighted by Crippen LogP contribution is 2.25. The van der Waals surface area contributed by atoms with Gasteiger partial charge in [0.05, 0.1) is 7.11 Å². The quantitative estimate of drug-likeness (QED) is 0.816. The van der Waals surface area contributed by atoms with Gasteiger partial charge in [0.15, 0.2) is 0 Å². The van der Waals surface area contributed by atoms with Crippen molar-refractivity contribution < 1.29 is 27.8 Å². The fourth-order valence-corrected chi connectivity index (χ4v) is 1.87. The van der Waals surface area contributed by atoms with Crippen LogP contribution in [0.3, 0.4) is 0 Å². The average Bonchev–Trinajstić information content (AvgIpc) is 2.41. The van der Waals surface area contributed by atoms with Gasteiger partial charge < -0.3 is 9.84 Å². The van der Waals surface area contributed by atoms with Crippen LogP contribution >= 0.6 is 0 Å². The van der Waals surface area contributed by atoms with Crippen LogP contribution in [0, 0.1) is 5.92 Å². The summed E-state index contributed by atoms with van der Waals surface area (Å²) in [5.74, 6) is -1.05. The van der Waals surface area contributed by atoms with Gasteiger partial charge in [-0.15, -0.1) is 0 Å². The van der Waals surface area contributed by atoms with Gasteiger partial charge in [0.25, 0.3) is 0 Å². The zero-order chi connectivity index (χ0) is 16.9. The number of halogens is 3. The number of ether oxygens (including phenoxy) is 1. The molecule has 122 valence electrons. The number of benzene rings is 1. The normalized spacial score (nSPS) is 14.0. The molecule has 0 aliphatic rings. The lowest BCUT2D eigenvalue weighted by atomic mass is 10.0. The molecule has 7 heteroatoms. The first-order chi connectivity index (χ1) is 10.1. The Morgan fingerprint density at radius 2 is 1.82 bits per heavy atom. The molecule has 0 fully saturated rings. The molecule has 0 spiro atoms. The minimum absolute atomic E-state index is 0.0328. The summed E-state index contributed by atoms with van der Waals surface area (Å²) in [4.78, 5) is 14.6. The number of hydrogen-bond acceptors (Lipinski definition) is 3. The van der Waals surface area contributed by atoms with Crippen molar-refractivity contribution in [2.45, 2.75) is 32.5 Å². The molecule has 0 bridgehead atoms. The van der Waals surface area contributed by atoms with Gasteiger partial charge in [0.2, 0.25) is 0 Å². The number of carboxylic acid groups (broad SMARTS) is 1. The van der Waals surface area contributed by atoms with E-state index in [1.165, 1.54) is 31.4 Å². The van der Waals surface area contributed by atoms with E-state index in [1.54, 1.807) is 13.8 Å². The van der Waals surface area contributed by atoms with E-state index in [-0.39, 0.29) is 17.9 Å². The first kappa shape index (κ1) is 18.0. The van der Waals surface area contributed by atoms with E-state index >= 15 is 0 Å². The molecule has 0 aromatic heterocycles. The molecule has 0 saturated carbocycles. The van der Waals surface area contributed by atoms with Crippen LogP contribution in [0.15, 0.2) is 29.3 Å². The number of aliphatic imine (C=N–C) groups is 1. The summed E-state index contributed by atoms with van der Waals surface area (Å²) in [5.41, 5.74) is -1.38. The molecule has 0 heterocycles. The summed E-state index contributed by atoms with van der Waals surface area (Å²) in [6.07, 6.45) is -4.70. The van der Waals surface area contributed by atoms with E-state index in [9.17, 15) is 18.0 Å². The van der Waals surface area contributed by atoms with Crippen molar-refractivity contribution in [2.24, 2.45) is 10.9 Å². The predicted octanol–water partition coefficient (Wildman–Crippen LogP) is 3.55. The van der Waals surface area contributed by atoms with Gasteiger partial charge in [0, 0.05) is 5.56 Å². The molecule has 1 aromatic carbocycles. The maximum atomic E-state index is 13.2. The van der Waals surface area contributed by atoms with Crippen LogP contribution < -0.4 is 4.74 Å². The van der Waals surface area contributed by atoms with Crippen LogP contribution in [-0.4, -0.2) is 36.1 Å². The van der Waals surface area contributed by atoms with Crippen molar-refractivity contribution >= 4 is 11.7 Å². The van der Waals surface area contributed by atoms with E-state index in [1.807, 2.05) is 0 Å². The molecule has 1 atom stereocenters. The van der Waals surface area contributed by atoms with Crippen molar-refractivity contribution in [1.29, 1.82) is 0 Å². The molecular weight excluding hydrogens is 299 g/mol. The molecular formula is C15H18F3NO3. The Morgan fingerprint density at radius 1 is 1.27 bits per heavy atom. The third-order valence-electron chi connectivity index (χ3n) is 2.90. The third-order valence-corrected chi connectivity index (χ3v) is 2.90. The smallest absolute Gasteiger partial charge is 0.433 e.